The summed E-state index contributed by atoms with van der Waals surface area (Å²) in [4.78, 5) is 0. The van der Waals surface area contributed by atoms with Crippen LogP contribution in [0.4, 0.5) is 0 Å². The van der Waals surface area contributed by atoms with Gasteiger partial charge in [-0.1, -0.05) is 11.6 Å². The molecule has 0 amide bonds. The number of methoxy groups -OCH3 is 1. The van der Waals surface area contributed by atoms with Crippen LogP contribution in [0.1, 0.15) is 23.9 Å². The number of aromatic nitrogens is 3. The van der Waals surface area contributed by atoms with Crippen molar-refractivity contribution in [3.05, 3.63) is 40.4 Å². The predicted octanol–water partition coefficient (Wildman–Crippen LogP) is 2.45. The zero-order valence-electron chi connectivity index (χ0n) is 12.9. The minimum absolute atomic E-state index is 0.727. The maximum Gasteiger partial charge on any atom is 0.0865 e. The van der Waals surface area contributed by atoms with E-state index in [4.69, 9.17) is 16.3 Å². The van der Waals surface area contributed by atoms with Gasteiger partial charge in [-0.25, -0.2) is 0 Å². The first kappa shape index (κ1) is 16.1. The maximum absolute atomic E-state index is 6.34. The molecule has 0 aromatic carbocycles. The molecular weight excluding hydrogens is 288 g/mol. The second kappa shape index (κ2) is 7.64. The van der Waals surface area contributed by atoms with Crippen LogP contribution in [0.25, 0.3) is 0 Å². The van der Waals surface area contributed by atoms with Crippen molar-refractivity contribution in [2.45, 2.75) is 33.5 Å². The Balaban J connectivity index is 1.99. The van der Waals surface area contributed by atoms with Crippen LogP contribution in [0.3, 0.4) is 0 Å². The van der Waals surface area contributed by atoms with Crippen molar-refractivity contribution in [2.75, 3.05) is 20.3 Å². The first-order valence-electron chi connectivity index (χ1n) is 7.21. The standard InChI is InChI=1S/C15H23ClN4O/c1-4-20-14(15(16)12(2)18-20)11-19-7-5-13(10-19)9-17-6-8-21-3/h5,7,10,17H,4,6,8-9,11H2,1-3H3. The molecule has 2 aromatic heterocycles. The summed E-state index contributed by atoms with van der Waals surface area (Å²) in [5, 5.41) is 8.55. The van der Waals surface area contributed by atoms with Crippen molar-refractivity contribution in [3.8, 4) is 0 Å². The molecule has 0 radical (unpaired) electrons. The highest BCUT2D eigenvalue weighted by molar-refractivity contribution is 6.31. The van der Waals surface area contributed by atoms with Gasteiger partial charge in [0, 0.05) is 39.1 Å². The Labute approximate surface area is 130 Å². The minimum Gasteiger partial charge on any atom is -0.383 e. The highest BCUT2D eigenvalue weighted by Crippen LogP contribution is 2.21. The number of aryl methyl sites for hydroxylation is 2. The molecule has 5 nitrogen and oxygen atoms in total. The number of nitrogens with zero attached hydrogens (tertiary/aromatic N) is 3. The molecule has 1 N–H and O–H groups in total. The molecule has 0 atom stereocenters. The van der Waals surface area contributed by atoms with Gasteiger partial charge >= 0.3 is 0 Å². The van der Waals surface area contributed by atoms with Crippen molar-refractivity contribution in [1.82, 2.24) is 19.7 Å². The summed E-state index contributed by atoms with van der Waals surface area (Å²) in [6.07, 6.45) is 4.21. The Morgan fingerprint density at radius 3 is 2.95 bits per heavy atom. The third-order valence-corrected chi connectivity index (χ3v) is 3.90. The molecule has 0 saturated heterocycles. The van der Waals surface area contributed by atoms with Crippen LogP contribution in [0.2, 0.25) is 5.02 Å². The van der Waals surface area contributed by atoms with E-state index < -0.39 is 0 Å². The predicted molar refractivity (Wildman–Crippen MR) is 84.8 cm³/mol. The van der Waals surface area contributed by atoms with Gasteiger partial charge in [-0.05, 0) is 25.5 Å². The van der Waals surface area contributed by atoms with Crippen molar-refractivity contribution in [2.24, 2.45) is 0 Å². The van der Waals surface area contributed by atoms with E-state index in [1.54, 1.807) is 7.11 Å². The van der Waals surface area contributed by atoms with Gasteiger partial charge in [0.2, 0.25) is 0 Å². The average molecular weight is 311 g/mol. The molecule has 0 spiro atoms. The molecule has 0 aliphatic rings. The molecular formula is C15H23ClN4O. The van der Waals surface area contributed by atoms with Crippen molar-refractivity contribution in [1.29, 1.82) is 0 Å². The summed E-state index contributed by atoms with van der Waals surface area (Å²) in [5.41, 5.74) is 3.20. The smallest absolute Gasteiger partial charge is 0.0865 e. The summed E-state index contributed by atoms with van der Waals surface area (Å²) in [7, 11) is 1.71. The van der Waals surface area contributed by atoms with Crippen LogP contribution in [-0.2, 0) is 24.4 Å². The normalized spacial score (nSPS) is 11.2. The Morgan fingerprint density at radius 1 is 1.43 bits per heavy atom. The van der Waals surface area contributed by atoms with Crippen molar-refractivity contribution >= 4 is 11.6 Å². The highest BCUT2D eigenvalue weighted by Gasteiger charge is 2.12. The molecule has 0 unspecified atom stereocenters. The Hall–Kier alpha value is -1.30. The summed E-state index contributed by atoms with van der Waals surface area (Å²) in [6.45, 7) is 8.02. The molecule has 0 saturated carbocycles. The molecule has 116 valence electrons. The SMILES string of the molecule is CCn1nc(C)c(Cl)c1Cn1ccc(CNCCOC)c1. The van der Waals surface area contributed by atoms with Crippen LogP contribution >= 0.6 is 11.6 Å². The summed E-state index contributed by atoms with van der Waals surface area (Å²) < 4.78 is 9.12. The number of hydrogen-bond acceptors (Lipinski definition) is 3. The van der Waals surface area contributed by atoms with E-state index >= 15 is 0 Å². The molecule has 2 heterocycles. The molecule has 2 rings (SSSR count). The Kier molecular flexibility index (Phi) is 5.85. The van der Waals surface area contributed by atoms with Gasteiger partial charge in [0.1, 0.15) is 0 Å². The number of ether oxygens (including phenoxy) is 1. The highest BCUT2D eigenvalue weighted by atomic mass is 35.5. The Bertz CT molecular complexity index is 576. The van der Waals surface area contributed by atoms with Crippen molar-refractivity contribution in [3.63, 3.8) is 0 Å². The monoisotopic (exact) mass is 310 g/mol. The third-order valence-electron chi connectivity index (χ3n) is 3.41. The first-order chi connectivity index (χ1) is 10.2. The molecule has 0 bridgehead atoms. The van der Waals surface area contributed by atoms with Crippen molar-refractivity contribution < 1.29 is 4.74 Å². The summed E-state index contributed by atoms with van der Waals surface area (Å²) >= 11 is 6.34. The number of nitrogens with one attached hydrogen (secondary N) is 1. The molecule has 0 aliphatic heterocycles. The summed E-state index contributed by atoms with van der Waals surface area (Å²) in [6, 6.07) is 2.12. The molecule has 21 heavy (non-hydrogen) atoms. The van der Waals surface area contributed by atoms with Gasteiger partial charge in [-0.15, -0.1) is 0 Å². The fourth-order valence-electron chi connectivity index (χ4n) is 2.29. The number of rotatable bonds is 8. The Morgan fingerprint density at radius 2 is 2.24 bits per heavy atom. The van der Waals surface area contributed by atoms with Gasteiger partial charge < -0.3 is 14.6 Å². The number of hydrogen-bond donors (Lipinski definition) is 1. The van der Waals surface area contributed by atoms with E-state index in [1.165, 1.54) is 5.56 Å². The van der Waals surface area contributed by atoms with Crippen LogP contribution in [0.15, 0.2) is 18.5 Å². The lowest BCUT2D eigenvalue weighted by molar-refractivity contribution is 0.199. The fourth-order valence-corrected chi connectivity index (χ4v) is 2.49. The molecule has 6 heteroatoms. The fraction of sp³-hybridized carbons (Fsp3) is 0.533. The lowest BCUT2D eigenvalue weighted by Crippen LogP contribution is -2.18. The van der Waals surface area contributed by atoms with E-state index in [0.29, 0.717) is 0 Å². The van der Waals surface area contributed by atoms with Crippen LogP contribution in [-0.4, -0.2) is 34.6 Å². The van der Waals surface area contributed by atoms with E-state index in [1.807, 2.05) is 11.6 Å². The van der Waals surface area contributed by atoms with E-state index in [0.717, 1.165) is 49.2 Å². The van der Waals surface area contributed by atoms with E-state index in [-0.39, 0.29) is 0 Å². The lowest BCUT2D eigenvalue weighted by Gasteiger charge is -2.07. The molecule has 0 aliphatic carbocycles. The quantitative estimate of drug-likeness (QED) is 0.762. The van der Waals surface area contributed by atoms with Gasteiger partial charge in [-0.3, -0.25) is 4.68 Å². The van der Waals surface area contributed by atoms with Crippen LogP contribution < -0.4 is 5.32 Å². The van der Waals surface area contributed by atoms with Gasteiger partial charge in [0.25, 0.3) is 0 Å². The molecule has 0 fully saturated rings. The van der Waals surface area contributed by atoms with E-state index in [9.17, 15) is 0 Å². The lowest BCUT2D eigenvalue weighted by atomic mass is 10.3. The van der Waals surface area contributed by atoms with E-state index in [2.05, 4.69) is 40.4 Å². The van der Waals surface area contributed by atoms with Crippen LogP contribution in [0.5, 0.6) is 0 Å². The first-order valence-corrected chi connectivity index (χ1v) is 7.59. The van der Waals surface area contributed by atoms with Gasteiger partial charge in [0.05, 0.1) is 29.6 Å². The van der Waals surface area contributed by atoms with Crippen LogP contribution in [0, 0.1) is 6.92 Å². The average Bonchev–Trinajstić information content (AvgIpc) is 3.03. The second-order valence-electron chi connectivity index (χ2n) is 5.02. The van der Waals surface area contributed by atoms with Gasteiger partial charge in [0.15, 0.2) is 0 Å². The zero-order chi connectivity index (χ0) is 15.2. The van der Waals surface area contributed by atoms with Gasteiger partial charge in [-0.2, -0.15) is 5.10 Å². The molecule has 2 aromatic rings. The zero-order valence-corrected chi connectivity index (χ0v) is 13.7. The third kappa shape index (κ3) is 4.09. The largest absolute Gasteiger partial charge is 0.383 e. The number of halogens is 1. The maximum atomic E-state index is 6.34. The summed E-state index contributed by atoms with van der Waals surface area (Å²) in [5.74, 6) is 0. The topological polar surface area (TPSA) is 44.0 Å². The minimum atomic E-state index is 0.727. The second-order valence-corrected chi connectivity index (χ2v) is 5.40.